The second-order valence-corrected chi connectivity index (χ2v) is 7.71. The molecule has 1 amide bonds. The van der Waals surface area contributed by atoms with Crippen LogP contribution in [0.25, 0.3) is 21.8 Å². The molecule has 0 saturated carbocycles. The Labute approximate surface area is 183 Å². The number of amides is 1. The maximum atomic E-state index is 14.1. The van der Waals surface area contributed by atoms with Gasteiger partial charge in [0.25, 0.3) is 0 Å². The van der Waals surface area contributed by atoms with Crippen molar-refractivity contribution in [2.45, 2.75) is 6.54 Å². The smallest absolute Gasteiger partial charge is 0.249 e. The van der Waals surface area contributed by atoms with Crippen molar-refractivity contribution in [1.29, 1.82) is 0 Å². The van der Waals surface area contributed by atoms with Crippen molar-refractivity contribution >= 4 is 33.5 Å². The summed E-state index contributed by atoms with van der Waals surface area (Å²) in [4.78, 5) is 24.9. The van der Waals surface area contributed by atoms with Crippen LogP contribution < -0.4 is 5.73 Å². The molecule has 4 aromatic carbocycles. The van der Waals surface area contributed by atoms with Crippen LogP contribution in [0.5, 0.6) is 0 Å². The zero-order valence-electron chi connectivity index (χ0n) is 17.1. The fourth-order valence-corrected chi connectivity index (χ4v) is 4.25. The van der Waals surface area contributed by atoms with Gasteiger partial charge in [-0.2, -0.15) is 0 Å². The van der Waals surface area contributed by atoms with Crippen LogP contribution in [0.2, 0.25) is 0 Å². The predicted octanol–water partition coefficient (Wildman–Crippen LogP) is 5.31. The molecule has 32 heavy (non-hydrogen) atoms. The third-order valence-electron chi connectivity index (χ3n) is 5.68. The first-order valence-electron chi connectivity index (χ1n) is 10.2. The van der Waals surface area contributed by atoms with Crippen LogP contribution in [0.1, 0.15) is 31.8 Å². The average Bonchev–Trinajstić information content (AvgIpc) is 3.12. The van der Waals surface area contributed by atoms with Gasteiger partial charge in [-0.25, -0.2) is 4.39 Å². The minimum absolute atomic E-state index is 0.0484. The van der Waals surface area contributed by atoms with E-state index in [1.54, 1.807) is 36.4 Å². The fraction of sp³-hybridized carbons (Fsp3) is 0.0370. The summed E-state index contributed by atoms with van der Waals surface area (Å²) in [6.07, 6.45) is 0. The van der Waals surface area contributed by atoms with Gasteiger partial charge in [0, 0.05) is 39.5 Å². The summed E-state index contributed by atoms with van der Waals surface area (Å²) in [6, 6.07) is 26.4. The molecule has 5 heteroatoms. The van der Waals surface area contributed by atoms with E-state index in [4.69, 9.17) is 5.73 Å². The van der Waals surface area contributed by atoms with Crippen molar-refractivity contribution < 1.29 is 14.0 Å². The number of fused-ring (bicyclic) bond motifs is 3. The van der Waals surface area contributed by atoms with Crippen LogP contribution >= 0.6 is 0 Å². The van der Waals surface area contributed by atoms with Gasteiger partial charge in [-0.3, -0.25) is 9.59 Å². The van der Waals surface area contributed by atoms with Crippen molar-refractivity contribution in [3.05, 3.63) is 119 Å². The molecule has 0 bridgehead atoms. The van der Waals surface area contributed by atoms with E-state index in [-0.39, 0.29) is 11.6 Å². The van der Waals surface area contributed by atoms with Crippen molar-refractivity contribution in [3.63, 3.8) is 0 Å². The molecule has 0 aliphatic heterocycles. The number of primary amides is 1. The number of ketones is 1. The number of aromatic nitrogens is 1. The van der Waals surface area contributed by atoms with Crippen molar-refractivity contribution in [1.82, 2.24) is 4.57 Å². The minimum atomic E-state index is -0.561. The van der Waals surface area contributed by atoms with Crippen LogP contribution in [-0.4, -0.2) is 16.3 Å². The second kappa shape index (κ2) is 7.78. The molecule has 0 atom stereocenters. The van der Waals surface area contributed by atoms with Crippen LogP contribution in [0, 0.1) is 5.82 Å². The number of nitrogens with two attached hydrogens (primary N) is 1. The number of carbonyl (C=O) groups is 2. The molecule has 0 fully saturated rings. The SMILES string of the molecule is NC(=O)c1cccc2c1c1cc(F)ccc1n2Cc1cccc(C(=O)c2ccccc2)c1. The average molecular weight is 422 g/mol. The molecule has 5 aromatic rings. The second-order valence-electron chi connectivity index (χ2n) is 7.71. The number of nitrogens with zero attached hydrogens (tertiary/aromatic N) is 1. The van der Waals surface area contributed by atoms with Gasteiger partial charge in [-0.1, -0.05) is 54.6 Å². The van der Waals surface area contributed by atoms with Gasteiger partial charge in [-0.05, 0) is 42.0 Å². The molecular formula is C27H19FN2O2. The van der Waals surface area contributed by atoms with Gasteiger partial charge in [0.05, 0.1) is 5.52 Å². The first-order valence-corrected chi connectivity index (χ1v) is 10.2. The van der Waals surface area contributed by atoms with E-state index in [1.165, 1.54) is 12.1 Å². The highest BCUT2D eigenvalue weighted by molar-refractivity contribution is 6.18. The highest BCUT2D eigenvalue weighted by atomic mass is 19.1. The van der Waals surface area contributed by atoms with Gasteiger partial charge in [0.1, 0.15) is 5.82 Å². The van der Waals surface area contributed by atoms with E-state index in [9.17, 15) is 14.0 Å². The zero-order valence-corrected chi connectivity index (χ0v) is 17.1. The maximum absolute atomic E-state index is 14.1. The van der Waals surface area contributed by atoms with Crippen LogP contribution in [0.3, 0.4) is 0 Å². The lowest BCUT2D eigenvalue weighted by atomic mass is 10.0. The van der Waals surface area contributed by atoms with Crippen LogP contribution in [0.15, 0.2) is 91.0 Å². The van der Waals surface area contributed by atoms with E-state index in [2.05, 4.69) is 0 Å². The normalized spacial score (nSPS) is 11.2. The van der Waals surface area contributed by atoms with Gasteiger partial charge in [-0.15, -0.1) is 0 Å². The Balaban J connectivity index is 1.64. The topological polar surface area (TPSA) is 65.1 Å². The molecule has 0 radical (unpaired) electrons. The Morgan fingerprint density at radius 2 is 1.53 bits per heavy atom. The summed E-state index contributed by atoms with van der Waals surface area (Å²) in [7, 11) is 0. The van der Waals surface area contributed by atoms with E-state index >= 15 is 0 Å². The van der Waals surface area contributed by atoms with Crippen molar-refractivity contribution in [2.75, 3.05) is 0 Å². The molecule has 1 heterocycles. The molecule has 156 valence electrons. The van der Waals surface area contributed by atoms with Gasteiger partial charge in [0.2, 0.25) is 5.91 Å². The molecule has 1 aromatic heterocycles. The number of hydrogen-bond donors (Lipinski definition) is 1. The van der Waals surface area contributed by atoms with E-state index < -0.39 is 5.91 Å². The number of halogens is 1. The molecule has 0 aliphatic rings. The Kier molecular flexibility index (Phi) is 4.79. The van der Waals surface area contributed by atoms with E-state index in [1.807, 2.05) is 47.0 Å². The summed E-state index contributed by atoms with van der Waals surface area (Å²) in [5.74, 6) is -0.992. The quantitative estimate of drug-likeness (QED) is 0.390. The number of rotatable bonds is 5. The highest BCUT2D eigenvalue weighted by Gasteiger charge is 2.17. The monoisotopic (exact) mass is 422 g/mol. The van der Waals surface area contributed by atoms with Crippen LogP contribution in [0.4, 0.5) is 4.39 Å². The fourth-order valence-electron chi connectivity index (χ4n) is 4.25. The Bertz CT molecular complexity index is 1500. The third-order valence-corrected chi connectivity index (χ3v) is 5.68. The number of benzene rings is 4. The molecular weight excluding hydrogens is 403 g/mol. The molecule has 0 spiro atoms. The van der Waals surface area contributed by atoms with E-state index in [0.29, 0.717) is 34.0 Å². The zero-order chi connectivity index (χ0) is 22.2. The summed E-state index contributed by atoms with van der Waals surface area (Å²) >= 11 is 0. The van der Waals surface area contributed by atoms with Gasteiger partial charge >= 0.3 is 0 Å². The lowest BCUT2D eigenvalue weighted by Crippen LogP contribution is -2.11. The Morgan fingerprint density at radius 3 is 2.31 bits per heavy atom. The molecule has 0 aliphatic carbocycles. The Hall–Kier alpha value is -4.25. The standard InChI is InChI=1S/C27H19FN2O2/c28-20-12-13-23-22(15-20)25-21(27(29)32)10-5-11-24(25)30(23)16-17-6-4-9-19(14-17)26(31)18-7-2-1-3-8-18/h1-15H,16H2,(H2,29,32). The van der Waals surface area contributed by atoms with E-state index in [0.717, 1.165) is 16.6 Å². The summed E-state index contributed by atoms with van der Waals surface area (Å²) in [5, 5.41) is 1.26. The lowest BCUT2D eigenvalue weighted by molar-refractivity contribution is 0.1000. The molecule has 0 unspecified atom stereocenters. The predicted molar refractivity (Wildman–Crippen MR) is 123 cm³/mol. The molecule has 2 N–H and O–H groups in total. The lowest BCUT2D eigenvalue weighted by Gasteiger charge is -2.10. The summed E-state index contributed by atoms with van der Waals surface area (Å²) in [5.41, 5.74) is 9.66. The molecule has 0 saturated heterocycles. The first kappa shape index (κ1) is 19.7. The summed E-state index contributed by atoms with van der Waals surface area (Å²) in [6.45, 7) is 0.448. The van der Waals surface area contributed by atoms with Crippen LogP contribution in [-0.2, 0) is 6.54 Å². The largest absolute Gasteiger partial charge is 0.366 e. The summed E-state index contributed by atoms with van der Waals surface area (Å²) < 4.78 is 16.1. The third kappa shape index (κ3) is 3.34. The maximum Gasteiger partial charge on any atom is 0.249 e. The Morgan fingerprint density at radius 1 is 0.781 bits per heavy atom. The highest BCUT2D eigenvalue weighted by Crippen LogP contribution is 2.33. The molecule has 5 rings (SSSR count). The van der Waals surface area contributed by atoms with Gasteiger partial charge in [0.15, 0.2) is 5.78 Å². The van der Waals surface area contributed by atoms with Crippen molar-refractivity contribution in [3.8, 4) is 0 Å². The number of hydrogen-bond acceptors (Lipinski definition) is 2. The first-order chi connectivity index (χ1) is 15.5. The minimum Gasteiger partial charge on any atom is -0.366 e. The molecule has 4 nitrogen and oxygen atoms in total. The van der Waals surface area contributed by atoms with Crippen molar-refractivity contribution in [2.24, 2.45) is 5.73 Å². The number of carbonyl (C=O) groups excluding carboxylic acids is 2. The van der Waals surface area contributed by atoms with Gasteiger partial charge < -0.3 is 10.3 Å².